The van der Waals surface area contributed by atoms with Gasteiger partial charge in [0, 0.05) is 5.69 Å². The average molecular weight is 434 g/mol. The van der Waals surface area contributed by atoms with Crippen LogP contribution >= 0.6 is 11.8 Å². The second kappa shape index (κ2) is 9.57. The van der Waals surface area contributed by atoms with Gasteiger partial charge in [0.2, 0.25) is 0 Å². The number of carbonyl (C=O) groups excluding carboxylic acids is 1. The van der Waals surface area contributed by atoms with Crippen molar-refractivity contribution in [1.82, 2.24) is 14.8 Å². The molecule has 3 aromatic carbocycles. The zero-order chi connectivity index (χ0) is 21.6. The molecule has 0 N–H and O–H groups in total. The van der Waals surface area contributed by atoms with Gasteiger partial charge in [-0.15, -0.1) is 10.2 Å². The highest BCUT2D eigenvalue weighted by Crippen LogP contribution is 2.29. The number of benzene rings is 3. The molecular formula is C24H20FN3O2S. The summed E-state index contributed by atoms with van der Waals surface area (Å²) in [6.45, 7) is 2.22. The number of carbonyl (C=O) groups is 1. The second-order valence-electron chi connectivity index (χ2n) is 6.89. The Hall–Kier alpha value is -3.45. The number of aryl methyl sites for hydroxylation is 1. The Morgan fingerprint density at radius 3 is 2.42 bits per heavy atom. The second-order valence-corrected chi connectivity index (χ2v) is 7.83. The maximum Gasteiger partial charge on any atom is 0.316 e. The van der Waals surface area contributed by atoms with Gasteiger partial charge < -0.3 is 4.74 Å². The number of thioether (sulfide) groups is 1. The smallest absolute Gasteiger partial charge is 0.316 e. The van der Waals surface area contributed by atoms with E-state index in [1.165, 1.54) is 17.8 Å². The standard InChI is InChI=1S/C24H20FN3O2S/c1-17-11-13-18(14-12-17)15-30-22(29)16-31-24-27-26-23(20-9-5-6-10-21(20)25)28(24)19-7-3-2-4-8-19/h2-14H,15-16H2,1H3. The van der Waals surface area contributed by atoms with Gasteiger partial charge in [-0.25, -0.2) is 4.39 Å². The van der Waals surface area contributed by atoms with Crippen LogP contribution in [0.5, 0.6) is 0 Å². The SMILES string of the molecule is Cc1ccc(COC(=O)CSc2nnc(-c3ccccc3F)n2-c2ccccc2)cc1. The summed E-state index contributed by atoms with van der Waals surface area (Å²) in [7, 11) is 0. The minimum absolute atomic E-state index is 0.0636. The summed E-state index contributed by atoms with van der Waals surface area (Å²) in [6.07, 6.45) is 0. The molecule has 1 heterocycles. The lowest BCUT2D eigenvalue weighted by Gasteiger charge is -2.11. The molecule has 4 aromatic rings. The third-order valence-electron chi connectivity index (χ3n) is 4.60. The fraction of sp³-hybridized carbons (Fsp3) is 0.125. The summed E-state index contributed by atoms with van der Waals surface area (Å²) in [6, 6.07) is 23.7. The number of halogens is 1. The van der Waals surface area contributed by atoms with Gasteiger partial charge in [0.25, 0.3) is 0 Å². The van der Waals surface area contributed by atoms with Crippen molar-refractivity contribution in [3.8, 4) is 17.1 Å². The number of esters is 1. The van der Waals surface area contributed by atoms with Gasteiger partial charge in [-0.3, -0.25) is 9.36 Å². The van der Waals surface area contributed by atoms with Gasteiger partial charge in [0.15, 0.2) is 11.0 Å². The van der Waals surface area contributed by atoms with E-state index in [1.54, 1.807) is 22.8 Å². The van der Waals surface area contributed by atoms with Crippen molar-refractivity contribution in [2.24, 2.45) is 0 Å². The van der Waals surface area contributed by atoms with E-state index in [2.05, 4.69) is 10.2 Å². The maximum absolute atomic E-state index is 14.4. The molecule has 0 unspecified atom stereocenters. The van der Waals surface area contributed by atoms with Crippen LogP contribution in [0.25, 0.3) is 17.1 Å². The van der Waals surface area contributed by atoms with Crippen molar-refractivity contribution < 1.29 is 13.9 Å². The van der Waals surface area contributed by atoms with Crippen molar-refractivity contribution in [2.75, 3.05) is 5.75 Å². The third-order valence-corrected chi connectivity index (χ3v) is 5.50. The Kier molecular flexibility index (Phi) is 6.43. The van der Waals surface area contributed by atoms with Crippen molar-refractivity contribution >= 4 is 17.7 Å². The van der Waals surface area contributed by atoms with Gasteiger partial charge in [-0.05, 0) is 36.8 Å². The molecule has 4 rings (SSSR count). The van der Waals surface area contributed by atoms with Crippen LogP contribution in [0.1, 0.15) is 11.1 Å². The van der Waals surface area contributed by atoms with E-state index in [0.29, 0.717) is 16.5 Å². The molecule has 1 aromatic heterocycles. The first kappa shape index (κ1) is 20.8. The predicted molar refractivity (Wildman–Crippen MR) is 118 cm³/mol. The first-order valence-electron chi connectivity index (χ1n) is 9.71. The molecule has 31 heavy (non-hydrogen) atoms. The average Bonchev–Trinajstić information content (AvgIpc) is 3.22. The Morgan fingerprint density at radius 1 is 0.968 bits per heavy atom. The van der Waals surface area contributed by atoms with Gasteiger partial charge >= 0.3 is 5.97 Å². The van der Waals surface area contributed by atoms with Crippen molar-refractivity contribution in [2.45, 2.75) is 18.7 Å². The van der Waals surface area contributed by atoms with Crippen LogP contribution in [0, 0.1) is 12.7 Å². The molecule has 0 aliphatic carbocycles. The quantitative estimate of drug-likeness (QED) is 0.296. The Bertz CT molecular complexity index is 1180. The molecule has 0 saturated heterocycles. The maximum atomic E-state index is 14.4. The lowest BCUT2D eigenvalue weighted by molar-refractivity contribution is -0.141. The molecule has 0 saturated carbocycles. The number of nitrogens with zero attached hydrogens (tertiary/aromatic N) is 3. The number of hydrogen-bond donors (Lipinski definition) is 0. The van der Waals surface area contributed by atoms with Gasteiger partial charge in [-0.2, -0.15) is 0 Å². The molecule has 0 fully saturated rings. The van der Waals surface area contributed by atoms with Crippen molar-refractivity contribution in [3.63, 3.8) is 0 Å². The Morgan fingerprint density at radius 2 is 1.68 bits per heavy atom. The van der Waals surface area contributed by atoms with E-state index < -0.39 is 0 Å². The lowest BCUT2D eigenvalue weighted by atomic mass is 10.2. The number of rotatable bonds is 7. The molecule has 0 amide bonds. The van der Waals surface area contributed by atoms with E-state index in [0.717, 1.165) is 16.8 Å². The van der Waals surface area contributed by atoms with E-state index in [1.807, 2.05) is 61.5 Å². The topological polar surface area (TPSA) is 57.0 Å². The van der Waals surface area contributed by atoms with Crippen LogP contribution in [0.2, 0.25) is 0 Å². The van der Waals surface area contributed by atoms with E-state index in [4.69, 9.17) is 4.74 Å². The third kappa shape index (κ3) is 5.00. The first-order valence-corrected chi connectivity index (χ1v) is 10.7. The monoisotopic (exact) mass is 433 g/mol. The molecule has 0 atom stereocenters. The molecule has 7 heteroatoms. The highest BCUT2D eigenvalue weighted by atomic mass is 32.2. The molecule has 156 valence electrons. The Balaban J connectivity index is 1.52. The number of aromatic nitrogens is 3. The van der Waals surface area contributed by atoms with Crippen LogP contribution in [0.15, 0.2) is 84.0 Å². The van der Waals surface area contributed by atoms with E-state index in [-0.39, 0.29) is 24.1 Å². The lowest BCUT2D eigenvalue weighted by Crippen LogP contribution is -2.08. The van der Waals surface area contributed by atoms with Gasteiger partial charge in [-0.1, -0.05) is 71.9 Å². The molecule has 0 radical (unpaired) electrons. The number of ether oxygens (including phenoxy) is 1. The normalized spacial score (nSPS) is 10.8. The van der Waals surface area contributed by atoms with Crippen LogP contribution in [0.4, 0.5) is 4.39 Å². The number of hydrogen-bond acceptors (Lipinski definition) is 5. The largest absolute Gasteiger partial charge is 0.460 e. The van der Waals surface area contributed by atoms with Crippen molar-refractivity contribution in [3.05, 3.63) is 95.8 Å². The first-order chi connectivity index (χ1) is 15.1. The van der Waals surface area contributed by atoms with E-state index >= 15 is 0 Å². The highest BCUT2D eigenvalue weighted by Gasteiger charge is 2.19. The molecule has 5 nitrogen and oxygen atoms in total. The summed E-state index contributed by atoms with van der Waals surface area (Å²) in [5.74, 6) is -0.310. The summed E-state index contributed by atoms with van der Waals surface area (Å²) in [5, 5.41) is 8.90. The molecule has 0 aliphatic heterocycles. The summed E-state index contributed by atoms with van der Waals surface area (Å²) >= 11 is 1.20. The van der Waals surface area contributed by atoms with Gasteiger partial charge in [0.1, 0.15) is 12.4 Å². The molecule has 0 aliphatic rings. The van der Waals surface area contributed by atoms with Crippen molar-refractivity contribution in [1.29, 1.82) is 0 Å². The molecule has 0 spiro atoms. The highest BCUT2D eigenvalue weighted by molar-refractivity contribution is 7.99. The molecule has 0 bridgehead atoms. The summed E-state index contributed by atoms with van der Waals surface area (Å²) in [5.41, 5.74) is 3.20. The fourth-order valence-corrected chi connectivity index (χ4v) is 3.75. The Labute approximate surface area is 183 Å². The van der Waals surface area contributed by atoms with Crippen LogP contribution in [-0.2, 0) is 16.1 Å². The van der Waals surface area contributed by atoms with Gasteiger partial charge in [0.05, 0.1) is 11.3 Å². The summed E-state index contributed by atoms with van der Waals surface area (Å²) < 4.78 is 21.5. The predicted octanol–water partition coefficient (Wildman–Crippen LogP) is 5.22. The van der Waals surface area contributed by atoms with Crippen LogP contribution in [-0.4, -0.2) is 26.5 Å². The minimum atomic E-state index is -0.388. The number of para-hydroxylation sites is 1. The molecular weight excluding hydrogens is 413 g/mol. The van der Waals surface area contributed by atoms with Crippen LogP contribution < -0.4 is 0 Å². The van der Waals surface area contributed by atoms with E-state index in [9.17, 15) is 9.18 Å². The summed E-state index contributed by atoms with van der Waals surface area (Å²) in [4.78, 5) is 12.3. The zero-order valence-electron chi connectivity index (χ0n) is 16.9. The fourth-order valence-electron chi connectivity index (χ4n) is 3.00. The van der Waals surface area contributed by atoms with Crippen LogP contribution in [0.3, 0.4) is 0 Å². The minimum Gasteiger partial charge on any atom is -0.460 e. The zero-order valence-corrected chi connectivity index (χ0v) is 17.7.